The first-order chi connectivity index (χ1) is 7.20. The molecule has 2 aromatic rings. The van der Waals surface area contributed by atoms with E-state index in [-0.39, 0.29) is 6.61 Å². The number of aliphatic hydroxyl groups is 1. The summed E-state index contributed by atoms with van der Waals surface area (Å²) in [4.78, 5) is 0. The van der Waals surface area contributed by atoms with Crippen molar-refractivity contribution >= 4 is 0 Å². The molecule has 15 heavy (non-hydrogen) atoms. The number of aromatic nitrogens is 2. The molecule has 1 N–H and O–H groups in total. The van der Waals surface area contributed by atoms with Gasteiger partial charge in [0.2, 0.25) is 0 Å². The van der Waals surface area contributed by atoms with Crippen LogP contribution in [0.2, 0.25) is 0 Å². The Bertz CT molecular complexity index is 479. The number of halogens is 1. The third kappa shape index (κ3) is 1.89. The molecule has 1 heterocycles. The van der Waals surface area contributed by atoms with Crippen LogP contribution in [0.5, 0.6) is 0 Å². The Balaban J connectivity index is 2.42. The van der Waals surface area contributed by atoms with Crippen LogP contribution >= 0.6 is 0 Å². The first-order valence-electron chi connectivity index (χ1n) is 4.60. The van der Waals surface area contributed by atoms with Crippen LogP contribution in [0.25, 0.3) is 11.3 Å². The summed E-state index contributed by atoms with van der Waals surface area (Å²) in [5, 5.41) is 13.0. The first-order valence-corrected chi connectivity index (χ1v) is 4.60. The summed E-state index contributed by atoms with van der Waals surface area (Å²) >= 11 is 0. The molecule has 0 atom stereocenters. The number of hydrogen-bond acceptors (Lipinski definition) is 2. The van der Waals surface area contributed by atoms with E-state index in [2.05, 4.69) is 5.10 Å². The summed E-state index contributed by atoms with van der Waals surface area (Å²) in [6.45, 7) is -0.283. The van der Waals surface area contributed by atoms with Crippen molar-refractivity contribution < 1.29 is 9.50 Å². The topological polar surface area (TPSA) is 38.0 Å². The van der Waals surface area contributed by atoms with E-state index < -0.39 is 5.82 Å². The smallest absolute Gasteiger partial charge is 0.129 e. The highest BCUT2D eigenvalue weighted by Gasteiger charge is 2.05. The van der Waals surface area contributed by atoms with Crippen molar-refractivity contribution in [2.75, 3.05) is 0 Å². The Morgan fingerprint density at radius 3 is 2.73 bits per heavy atom. The largest absolute Gasteiger partial charge is 0.392 e. The van der Waals surface area contributed by atoms with Gasteiger partial charge in [0.25, 0.3) is 0 Å². The van der Waals surface area contributed by atoms with Crippen LogP contribution in [0, 0.1) is 5.82 Å². The maximum absolute atomic E-state index is 13.3. The Labute approximate surface area is 86.8 Å². The molecule has 2 rings (SSSR count). The molecule has 3 nitrogen and oxygen atoms in total. The highest BCUT2D eigenvalue weighted by atomic mass is 19.1. The van der Waals surface area contributed by atoms with Crippen molar-refractivity contribution in [1.29, 1.82) is 0 Å². The summed E-state index contributed by atoms with van der Waals surface area (Å²) in [6, 6.07) is 6.51. The van der Waals surface area contributed by atoms with Gasteiger partial charge in [0, 0.05) is 24.4 Å². The summed E-state index contributed by atoms with van der Waals surface area (Å²) in [5.41, 5.74) is 1.74. The van der Waals surface area contributed by atoms with E-state index >= 15 is 0 Å². The van der Waals surface area contributed by atoms with E-state index in [4.69, 9.17) is 5.11 Å². The number of benzene rings is 1. The molecule has 0 amide bonds. The fourth-order valence-corrected chi connectivity index (χ4v) is 1.40. The van der Waals surface area contributed by atoms with Gasteiger partial charge in [-0.15, -0.1) is 0 Å². The van der Waals surface area contributed by atoms with Crippen LogP contribution in [0.4, 0.5) is 4.39 Å². The molecule has 4 heteroatoms. The third-order valence-corrected chi connectivity index (χ3v) is 2.23. The molecule has 0 aliphatic rings. The molecular formula is C11H11FN2O. The van der Waals surface area contributed by atoms with E-state index in [0.717, 1.165) is 5.69 Å². The van der Waals surface area contributed by atoms with E-state index in [1.54, 1.807) is 23.0 Å². The number of hydrogen-bond donors (Lipinski definition) is 1. The molecule has 0 unspecified atom stereocenters. The molecule has 0 saturated heterocycles. The monoisotopic (exact) mass is 206 g/mol. The SMILES string of the molecule is Cn1ccc(-c2ccc(CO)c(F)c2)n1. The van der Waals surface area contributed by atoms with Gasteiger partial charge in [-0.3, -0.25) is 4.68 Å². The maximum atomic E-state index is 13.3. The lowest BCUT2D eigenvalue weighted by atomic mass is 10.1. The summed E-state index contributed by atoms with van der Waals surface area (Å²) < 4.78 is 15.0. The fourth-order valence-electron chi connectivity index (χ4n) is 1.40. The maximum Gasteiger partial charge on any atom is 0.129 e. The van der Waals surface area contributed by atoms with Gasteiger partial charge in [-0.1, -0.05) is 12.1 Å². The lowest BCUT2D eigenvalue weighted by Gasteiger charge is -2.01. The second-order valence-electron chi connectivity index (χ2n) is 3.34. The summed E-state index contributed by atoms with van der Waals surface area (Å²) in [7, 11) is 1.81. The zero-order chi connectivity index (χ0) is 10.8. The standard InChI is InChI=1S/C11H11FN2O/c1-14-5-4-11(13-14)8-2-3-9(7-15)10(12)6-8/h2-6,15H,7H2,1H3. The van der Waals surface area contributed by atoms with Crippen molar-refractivity contribution in [2.24, 2.45) is 7.05 Å². The molecule has 0 radical (unpaired) electrons. The first kappa shape index (κ1) is 9.86. The lowest BCUT2D eigenvalue weighted by molar-refractivity contribution is 0.276. The summed E-state index contributed by atoms with van der Waals surface area (Å²) in [6.07, 6.45) is 1.80. The number of rotatable bonds is 2. The van der Waals surface area contributed by atoms with E-state index in [1.165, 1.54) is 6.07 Å². The molecule has 0 spiro atoms. The van der Waals surface area contributed by atoms with Gasteiger partial charge in [-0.25, -0.2) is 4.39 Å². The van der Waals surface area contributed by atoms with Crippen LogP contribution in [-0.2, 0) is 13.7 Å². The van der Waals surface area contributed by atoms with Crippen molar-refractivity contribution in [3.8, 4) is 11.3 Å². The lowest BCUT2D eigenvalue weighted by Crippen LogP contribution is -1.92. The second kappa shape index (κ2) is 3.82. The fraction of sp³-hybridized carbons (Fsp3) is 0.182. The molecule has 0 fully saturated rings. The zero-order valence-electron chi connectivity index (χ0n) is 8.31. The van der Waals surface area contributed by atoms with Crippen LogP contribution in [0.15, 0.2) is 30.5 Å². The molecule has 78 valence electrons. The minimum Gasteiger partial charge on any atom is -0.392 e. The van der Waals surface area contributed by atoms with Crippen LogP contribution in [-0.4, -0.2) is 14.9 Å². The van der Waals surface area contributed by atoms with E-state index in [0.29, 0.717) is 11.1 Å². The Morgan fingerprint density at radius 1 is 1.40 bits per heavy atom. The van der Waals surface area contributed by atoms with Gasteiger partial charge in [0.15, 0.2) is 0 Å². The molecule has 0 aliphatic heterocycles. The number of aliphatic hydroxyl groups excluding tert-OH is 1. The average molecular weight is 206 g/mol. The molecule has 1 aromatic heterocycles. The molecule has 0 aliphatic carbocycles. The highest BCUT2D eigenvalue weighted by Crippen LogP contribution is 2.19. The van der Waals surface area contributed by atoms with Crippen LogP contribution in [0.3, 0.4) is 0 Å². The summed E-state index contributed by atoms with van der Waals surface area (Å²) in [5.74, 6) is -0.402. The number of nitrogens with zero attached hydrogens (tertiary/aromatic N) is 2. The van der Waals surface area contributed by atoms with Crippen molar-refractivity contribution in [3.63, 3.8) is 0 Å². The van der Waals surface area contributed by atoms with Gasteiger partial charge in [0.05, 0.1) is 12.3 Å². The average Bonchev–Trinajstić information content (AvgIpc) is 2.65. The predicted molar refractivity (Wildman–Crippen MR) is 54.5 cm³/mol. The molecule has 0 bridgehead atoms. The third-order valence-electron chi connectivity index (χ3n) is 2.23. The Morgan fingerprint density at radius 2 is 2.20 bits per heavy atom. The van der Waals surface area contributed by atoms with Gasteiger partial charge in [0.1, 0.15) is 5.82 Å². The minimum absolute atomic E-state index is 0.283. The van der Waals surface area contributed by atoms with Crippen LogP contribution < -0.4 is 0 Å². The van der Waals surface area contributed by atoms with Crippen molar-refractivity contribution in [3.05, 3.63) is 41.8 Å². The molecule has 1 aromatic carbocycles. The molecule has 0 saturated carbocycles. The number of aryl methyl sites for hydroxylation is 1. The zero-order valence-corrected chi connectivity index (χ0v) is 8.31. The minimum atomic E-state index is -0.402. The quantitative estimate of drug-likeness (QED) is 0.812. The molecular weight excluding hydrogens is 195 g/mol. The second-order valence-corrected chi connectivity index (χ2v) is 3.34. The van der Waals surface area contributed by atoms with Crippen molar-refractivity contribution in [1.82, 2.24) is 9.78 Å². The van der Waals surface area contributed by atoms with Crippen molar-refractivity contribution in [2.45, 2.75) is 6.61 Å². The van der Waals surface area contributed by atoms with Gasteiger partial charge >= 0.3 is 0 Å². The predicted octanol–water partition coefficient (Wildman–Crippen LogP) is 1.72. The van der Waals surface area contributed by atoms with Crippen LogP contribution in [0.1, 0.15) is 5.56 Å². The van der Waals surface area contributed by atoms with E-state index in [9.17, 15) is 4.39 Å². The Kier molecular flexibility index (Phi) is 2.51. The van der Waals surface area contributed by atoms with Gasteiger partial charge in [-0.05, 0) is 12.1 Å². The Hall–Kier alpha value is -1.68. The van der Waals surface area contributed by atoms with Gasteiger partial charge < -0.3 is 5.11 Å². The normalized spacial score (nSPS) is 10.6. The van der Waals surface area contributed by atoms with Gasteiger partial charge in [-0.2, -0.15) is 5.10 Å². The van der Waals surface area contributed by atoms with E-state index in [1.807, 2.05) is 13.1 Å². The highest BCUT2D eigenvalue weighted by molar-refractivity contribution is 5.59.